The molecule has 96 valence electrons. The van der Waals surface area contributed by atoms with Crippen LogP contribution in [0, 0.1) is 0 Å². The smallest absolute Gasteiger partial charge is 0.301 e. The van der Waals surface area contributed by atoms with Gasteiger partial charge in [0.2, 0.25) is 5.91 Å². The maximum absolute atomic E-state index is 12.2. The number of anilines is 1. The summed E-state index contributed by atoms with van der Waals surface area (Å²) in [5.74, 6) is 0.750. The first kappa shape index (κ1) is 14.3. The van der Waals surface area contributed by atoms with Crippen LogP contribution < -0.4 is 5.32 Å². The van der Waals surface area contributed by atoms with Crippen LogP contribution in [0.2, 0.25) is 0 Å². The molecular weight excluding hydrogens is 273 g/mol. The highest BCUT2D eigenvalue weighted by atomic mass is 32.2. The number of nitrogens with zero attached hydrogens (tertiary/aromatic N) is 1. The van der Waals surface area contributed by atoms with Crippen molar-refractivity contribution in [2.24, 2.45) is 0 Å². The van der Waals surface area contributed by atoms with E-state index >= 15 is 0 Å². The Bertz CT molecular complexity index is 379. The molecule has 17 heavy (non-hydrogen) atoms. The van der Waals surface area contributed by atoms with Crippen molar-refractivity contribution in [3.63, 3.8) is 0 Å². The fourth-order valence-corrected chi connectivity index (χ4v) is 2.35. The molecule has 0 aliphatic rings. The zero-order valence-corrected chi connectivity index (χ0v) is 10.6. The van der Waals surface area contributed by atoms with Crippen molar-refractivity contribution in [2.75, 3.05) is 16.8 Å². The van der Waals surface area contributed by atoms with Crippen molar-refractivity contribution in [3.05, 3.63) is 11.1 Å². The Hall–Kier alpha value is -0.760. The second-order valence-corrected chi connectivity index (χ2v) is 5.10. The maximum Gasteiger partial charge on any atom is 0.434 e. The Morgan fingerprint density at radius 3 is 2.82 bits per heavy atom. The minimum absolute atomic E-state index is 0.0144. The van der Waals surface area contributed by atoms with Crippen molar-refractivity contribution in [1.82, 2.24) is 4.98 Å². The summed E-state index contributed by atoms with van der Waals surface area (Å²) >= 11 is 2.21. The van der Waals surface area contributed by atoms with Crippen molar-refractivity contribution in [1.29, 1.82) is 0 Å². The normalized spacial score (nSPS) is 11.5. The summed E-state index contributed by atoms with van der Waals surface area (Å²) in [5.41, 5.74) is -0.973. The van der Waals surface area contributed by atoms with Crippen molar-refractivity contribution >= 4 is 34.1 Å². The van der Waals surface area contributed by atoms with Crippen LogP contribution in [0.15, 0.2) is 5.38 Å². The van der Waals surface area contributed by atoms with E-state index in [4.69, 9.17) is 0 Å². The van der Waals surface area contributed by atoms with Gasteiger partial charge in [-0.15, -0.1) is 11.3 Å². The van der Waals surface area contributed by atoms with E-state index in [2.05, 4.69) is 10.3 Å². The number of carbonyl (C=O) groups excluding carboxylic acids is 1. The van der Waals surface area contributed by atoms with Gasteiger partial charge in [0.05, 0.1) is 5.75 Å². The highest BCUT2D eigenvalue weighted by Gasteiger charge is 2.33. The van der Waals surface area contributed by atoms with E-state index in [1.54, 1.807) is 0 Å². The molecule has 0 saturated heterocycles. The first-order valence-electron chi connectivity index (χ1n) is 4.83. The number of aromatic nitrogens is 1. The first-order chi connectivity index (χ1) is 7.93. The molecule has 0 aliphatic heterocycles. The van der Waals surface area contributed by atoms with Crippen molar-refractivity contribution in [2.45, 2.75) is 19.5 Å². The van der Waals surface area contributed by atoms with Gasteiger partial charge in [-0.05, 0) is 12.2 Å². The minimum Gasteiger partial charge on any atom is -0.301 e. The molecule has 1 rings (SSSR count). The standard InChI is InChI=1S/C9H11F3N2OS2/c1-2-3-16-5-7(15)14-8-13-6(4-17-8)9(10,11)12/h4H,2-3,5H2,1H3,(H,13,14,15). The zero-order valence-electron chi connectivity index (χ0n) is 9.00. The third-order valence-electron chi connectivity index (χ3n) is 1.62. The molecule has 3 nitrogen and oxygen atoms in total. The molecule has 0 bridgehead atoms. The number of alkyl halides is 3. The van der Waals surface area contributed by atoms with Crippen LogP contribution >= 0.6 is 23.1 Å². The number of halogens is 3. The maximum atomic E-state index is 12.2. The second kappa shape index (κ2) is 6.25. The number of thiazole rings is 1. The summed E-state index contributed by atoms with van der Waals surface area (Å²) in [5, 5.41) is 3.21. The fourth-order valence-electron chi connectivity index (χ4n) is 0.926. The van der Waals surface area contributed by atoms with Crippen LogP contribution in [-0.4, -0.2) is 22.4 Å². The molecule has 0 saturated carbocycles. The monoisotopic (exact) mass is 284 g/mol. The summed E-state index contributed by atoms with van der Waals surface area (Å²) in [6, 6.07) is 0. The van der Waals surface area contributed by atoms with Gasteiger partial charge < -0.3 is 5.32 Å². The van der Waals surface area contributed by atoms with Crippen molar-refractivity contribution < 1.29 is 18.0 Å². The highest BCUT2D eigenvalue weighted by Crippen LogP contribution is 2.31. The molecular formula is C9H11F3N2OS2. The molecule has 0 radical (unpaired) electrons. The molecule has 1 heterocycles. The molecule has 1 N–H and O–H groups in total. The van der Waals surface area contributed by atoms with Crippen molar-refractivity contribution in [3.8, 4) is 0 Å². The molecule has 0 spiro atoms. The molecule has 0 fully saturated rings. The molecule has 1 aromatic rings. The van der Waals surface area contributed by atoms with Crippen LogP contribution in [0.25, 0.3) is 0 Å². The number of hydrogen-bond acceptors (Lipinski definition) is 4. The SMILES string of the molecule is CCCSCC(=O)Nc1nc(C(F)(F)F)cs1. The minimum atomic E-state index is -4.46. The lowest BCUT2D eigenvalue weighted by molar-refractivity contribution is -0.140. The van der Waals surface area contributed by atoms with E-state index in [1.807, 2.05) is 6.92 Å². The van der Waals surface area contributed by atoms with Gasteiger partial charge in [-0.3, -0.25) is 4.79 Å². The predicted molar refractivity (Wildman–Crippen MR) is 63.4 cm³/mol. The lowest BCUT2D eigenvalue weighted by atomic mass is 10.5. The molecule has 0 aliphatic carbocycles. The number of thioether (sulfide) groups is 1. The number of amides is 1. The molecule has 0 unspecified atom stereocenters. The Morgan fingerprint density at radius 1 is 1.59 bits per heavy atom. The Labute approximate surface area is 105 Å². The average molecular weight is 284 g/mol. The van der Waals surface area contributed by atoms with Gasteiger partial charge >= 0.3 is 6.18 Å². The van der Waals surface area contributed by atoms with Gasteiger partial charge in [0.1, 0.15) is 0 Å². The lowest BCUT2D eigenvalue weighted by Gasteiger charge is -2.01. The van der Waals surface area contributed by atoms with Gasteiger partial charge in [0.15, 0.2) is 10.8 Å². The van der Waals surface area contributed by atoms with Crippen LogP contribution in [0.5, 0.6) is 0 Å². The van der Waals surface area contributed by atoms with E-state index in [0.717, 1.165) is 28.9 Å². The van der Waals surface area contributed by atoms with Crippen LogP contribution in [0.4, 0.5) is 18.3 Å². The quantitative estimate of drug-likeness (QED) is 0.844. The molecule has 8 heteroatoms. The Morgan fingerprint density at radius 2 is 2.29 bits per heavy atom. The van der Waals surface area contributed by atoms with Gasteiger partial charge in [-0.1, -0.05) is 6.92 Å². The highest BCUT2D eigenvalue weighted by molar-refractivity contribution is 7.99. The lowest BCUT2D eigenvalue weighted by Crippen LogP contribution is -2.14. The zero-order chi connectivity index (χ0) is 12.9. The molecule has 0 aromatic carbocycles. The Kier molecular flexibility index (Phi) is 5.26. The number of nitrogens with one attached hydrogen (secondary N) is 1. The Balaban J connectivity index is 2.46. The summed E-state index contributed by atoms with van der Waals surface area (Å²) in [6.45, 7) is 1.99. The van der Waals surface area contributed by atoms with E-state index in [0.29, 0.717) is 0 Å². The van der Waals surface area contributed by atoms with Gasteiger partial charge in [-0.2, -0.15) is 24.9 Å². The van der Waals surface area contributed by atoms with E-state index < -0.39 is 11.9 Å². The third kappa shape index (κ3) is 4.95. The molecule has 1 aromatic heterocycles. The number of carbonyl (C=O) groups is 1. The second-order valence-electron chi connectivity index (χ2n) is 3.14. The van der Waals surface area contributed by atoms with Gasteiger partial charge in [0, 0.05) is 5.38 Å². The largest absolute Gasteiger partial charge is 0.434 e. The summed E-state index contributed by atoms with van der Waals surface area (Å²) in [4.78, 5) is 14.6. The summed E-state index contributed by atoms with van der Waals surface area (Å²) in [7, 11) is 0. The average Bonchev–Trinajstić information content (AvgIpc) is 2.66. The van der Waals surface area contributed by atoms with E-state index in [-0.39, 0.29) is 16.8 Å². The summed E-state index contributed by atoms with van der Waals surface area (Å²) in [6.07, 6.45) is -3.51. The van der Waals surface area contributed by atoms with Crippen LogP contribution in [0.1, 0.15) is 19.0 Å². The summed E-state index contributed by atoms with van der Waals surface area (Å²) < 4.78 is 36.6. The molecule has 1 amide bonds. The van der Waals surface area contributed by atoms with Crippen LogP contribution in [0.3, 0.4) is 0 Å². The van der Waals surface area contributed by atoms with E-state index in [1.165, 1.54) is 11.8 Å². The number of hydrogen-bond donors (Lipinski definition) is 1. The van der Waals surface area contributed by atoms with E-state index in [9.17, 15) is 18.0 Å². The first-order valence-corrected chi connectivity index (χ1v) is 6.87. The third-order valence-corrected chi connectivity index (χ3v) is 3.54. The van der Waals surface area contributed by atoms with Gasteiger partial charge in [0.25, 0.3) is 0 Å². The van der Waals surface area contributed by atoms with Crippen LogP contribution in [-0.2, 0) is 11.0 Å². The topological polar surface area (TPSA) is 42.0 Å². The van der Waals surface area contributed by atoms with Gasteiger partial charge in [-0.25, -0.2) is 4.98 Å². The fraction of sp³-hybridized carbons (Fsp3) is 0.556. The predicted octanol–water partition coefficient (Wildman–Crippen LogP) is 3.24. The molecule has 0 atom stereocenters. The number of rotatable bonds is 5.